The number of amides is 3. The molecule has 6 nitrogen and oxygen atoms in total. The van der Waals surface area contributed by atoms with Gasteiger partial charge in [-0.25, -0.2) is 4.79 Å². The van der Waals surface area contributed by atoms with Crippen LogP contribution in [0, 0.1) is 11.8 Å². The van der Waals surface area contributed by atoms with Gasteiger partial charge in [0.05, 0.1) is 18.1 Å². The molecule has 0 spiro atoms. The van der Waals surface area contributed by atoms with Crippen LogP contribution in [0.5, 0.6) is 0 Å². The number of likely N-dealkylation sites (tertiary alicyclic amines) is 1. The number of rotatable bonds is 4. The van der Waals surface area contributed by atoms with Crippen molar-refractivity contribution in [1.82, 2.24) is 15.5 Å². The predicted molar refractivity (Wildman–Crippen MR) is 96.2 cm³/mol. The Labute approximate surface area is 151 Å². The Morgan fingerprint density at radius 2 is 1.84 bits per heavy atom. The molecule has 142 valence electrons. The Bertz CT molecular complexity index is 475. The summed E-state index contributed by atoms with van der Waals surface area (Å²) in [4.78, 5) is 26.9. The number of nitrogens with zero attached hydrogens (tertiary/aromatic N) is 1. The molecular formula is C19H33N3O3. The van der Waals surface area contributed by atoms with E-state index in [0.717, 1.165) is 19.3 Å². The average Bonchev–Trinajstić information content (AvgIpc) is 2.76. The second-order valence-corrected chi connectivity index (χ2v) is 8.32. The van der Waals surface area contributed by atoms with Crippen molar-refractivity contribution < 1.29 is 14.3 Å². The summed E-state index contributed by atoms with van der Waals surface area (Å²) in [5.74, 6) is 0.388. The van der Waals surface area contributed by atoms with E-state index in [-0.39, 0.29) is 30.1 Å². The van der Waals surface area contributed by atoms with Crippen molar-refractivity contribution in [3.05, 3.63) is 0 Å². The van der Waals surface area contributed by atoms with Gasteiger partial charge >= 0.3 is 6.03 Å². The molecule has 2 N–H and O–H groups in total. The molecule has 0 unspecified atom stereocenters. The minimum absolute atomic E-state index is 0.00608. The van der Waals surface area contributed by atoms with Gasteiger partial charge < -0.3 is 20.3 Å². The van der Waals surface area contributed by atoms with Crippen molar-refractivity contribution in [1.29, 1.82) is 0 Å². The van der Waals surface area contributed by atoms with E-state index in [1.54, 1.807) is 0 Å². The average molecular weight is 351 g/mol. The number of hydrogen-bond donors (Lipinski definition) is 2. The molecule has 0 aromatic carbocycles. The first kappa shape index (κ1) is 18.5. The van der Waals surface area contributed by atoms with Crippen LogP contribution in [0.3, 0.4) is 0 Å². The predicted octanol–water partition coefficient (Wildman–Crippen LogP) is 2.28. The highest BCUT2D eigenvalue weighted by molar-refractivity contribution is 5.80. The van der Waals surface area contributed by atoms with Gasteiger partial charge in [-0.05, 0) is 25.2 Å². The smallest absolute Gasteiger partial charge is 0.317 e. The summed E-state index contributed by atoms with van der Waals surface area (Å²) in [6.45, 7) is 5.99. The molecular weight excluding hydrogens is 318 g/mol. The first-order valence-electron chi connectivity index (χ1n) is 10.0. The number of morpholine rings is 1. The van der Waals surface area contributed by atoms with Crippen LogP contribution in [0.15, 0.2) is 0 Å². The summed E-state index contributed by atoms with van der Waals surface area (Å²) in [6, 6.07) is 0.328. The molecule has 1 saturated carbocycles. The van der Waals surface area contributed by atoms with Gasteiger partial charge in [0.15, 0.2) is 0 Å². The second-order valence-electron chi connectivity index (χ2n) is 8.32. The maximum absolute atomic E-state index is 12.6. The summed E-state index contributed by atoms with van der Waals surface area (Å²) in [7, 11) is 0. The summed E-state index contributed by atoms with van der Waals surface area (Å²) in [5.41, 5.74) is 0. The minimum atomic E-state index is -0.161. The van der Waals surface area contributed by atoms with E-state index in [2.05, 4.69) is 24.5 Å². The molecule has 2 heterocycles. The number of ether oxygens (including phenoxy) is 1. The molecule has 1 aliphatic carbocycles. The molecule has 3 atom stereocenters. The van der Waals surface area contributed by atoms with Crippen molar-refractivity contribution in [3.63, 3.8) is 0 Å². The lowest BCUT2D eigenvalue weighted by atomic mass is 9.99. The van der Waals surface area contributed by atoms with Gasteiger partial charge in [0, 0.05) is 25.7 Å². The van der Waals surface area contributed by atoms with Gasteiger partial charge in [0.1, 0.15) is 0 Å². The Kier molecular flexibility index (Phi) is 6.20. The van der Waals surface area contributed by atoms with Crippen LogP contribution >= 0.6 is 0 Å². The fourth-order valence-corrected chi connectivity index (χ4v) is 4.23. The van der Waals surface area contributed by atoms with E-state index in [9.17, 15) is 9.59 Å². The van der Waals surface area contributed by atoms with Gasteiger partial charge in [0.25, 0.3) is 0 Å². The van der Waals surface area contributed by atoms with E-state index >= 15 is 0 Å². The van der Waals surface area contributed by atoms with Crippen molar-refractivity contribution in [2.24, 2.45) is 11.8 Å². The molecule has 3 fully saturated rings. The quantitative estimate of drug-likeness (QED) is 0.764. The van der Waals surface area contributed by atoms with E-state index in [1.807, 2.05) is 4.90 Å². The number of hydrogen-bond acceptors (Lipinski definition) is 3. The van der Waals surface area contributed by atoms with Crippen molar-refractivity contribution in [2.45, 2.75) is 77.0 Å². The molecule has 6 heteroatoms. The van der Waals surface area contributed by atoms with Gasteiger partial charge in [-0.1, -0.05) is 39.5 Å². The van der Waals surface area contributed by atoms with Crippen molar-refractivity contribution in [3.8, 4) is 0 Å². The topological polar surface area (TPSA) is 70.7 Å². The zero-order chi connectivity index (χ0) is 17.8. The summed E-state index contributed by atoms with van der Waals surface area (Å²) >= 11 is 0. The van der Waals surface area contributed by atoms with Crippen LogP contribution in [0.2, 0.25) is 0 Å². The van der Waals surface area contributed by atoms with Gasteiger partial charge in [0.2, 0.25) is 5.91 Å². The highest BCUT2D eigenvalue weighted by Crippen LogP contribution is 2.32. The van der Waals surface area contributed by atoms with E-state index < -0.39 is 0 Å². The maximum Gasteiger partial charge on any atom is 0.317 e. The van der Waals surface area contributed by atoms with Crippen LogP contribution in [-0.4, -0.2) is 54.7 Å². The fraction of sp³-hybridized carbons (Fsp3) is 0.895. The molecule has 3 aliphatic rings. The summed E-state index contributed by atoms with van der Waals surface area (Å²) < 4.78 is 5.95. The van der Waals surface area contributed by atoms with Gasteiger partial charge in [-0.3, -0.25) is 4.79 Å². The Morgan fingerprint density at radius 3 is 2.52 bits per heavy atom. The van der Waals surface area contributed by atoms with E-state index in [1.165, 1.54) is 25.7 Å². The first-order chi connectivity index (χ1) is 12.0. The van der Waals surface area contributed by atoms with Gasteiger partial charge in [-0.15, -0.1) is 0 Å². The third kappa shape index (κ3) is 4.87. The van der Waals surface area contributed by atoms with Crippen LogP contribution in [0.25, 0.3) is 0 Å². The third-order valence-corrected chi connectivity index (χ3v) is 5.65. The number of carbonyl (C=O) groups excluding carboxylic acids is 2. The molecule has 3 amide bonds. The molecule has 2 saturated heterocycles. The molecule has 0 radical (unpaired) electrons. The van der Waals surface area contributed by atoms with E-state index in [0.29, 0.717) is 31.6 Å². The van der Waals surface area contributed by atoms with Crippen LogP contribution in [-0.2, 0) is 9.53 Å². The van der Waals surface area contributed by atoms with Crippen LogP contribution in [0.1, 0.15) is 58.8 Å². The highest BCUT2D eigenvalue weighted by atomic mass is 16.5. The van der Waals surface area contributed by atoms with Crippen LogP contribution < -0.4 is 10.6 Å². The lowest BCUT2D eigenvalue weighted by molar-refractivity contribution is -0.127. The lowest BCUT2D eigenvalue weighted by Crippen LogP contribution is -2.53. The standard InChI is InChI=1S/C19H33N3O3/c1-13(2)10-20-18(23)16-9-15-11-22(12-17(16)25-15)19(24)21-14-7-5-3-4-6-8-14/h13-17H,3-12H2,1-2H3,(H,20,23)(H,21,24)/t15-,16+,17-/m0/s1. The van der Waals surface area contributed by atoms with E-state index in [4.69, 9.17) is 4.74 Å². The number of fused-ring (bicyclic) bond motifs is 2. The number of nitrogens with one attached hydrogen (secondary N) is 2. The van der Waals surface area contributed by atoms with Crippen LogP contribution in [0.4, 0.5) is 4.79 Å². The summed E-state index contributed by atoms with van der Waals surface area (Å²) in [6.07, 6.45) is 7.70. The fourth-order valence-electron chi connectivity index (χ4n) is 4.23. The lowest BCUT2D eigenvalue weighted by Gasteiger charge is -2.34. The zero-order valence-electron chi connectivity index (χ0n) is 15.6. The molecule has 2 aliphatic heterocycles. The van der Waals surface area contributed by atoms with Crippen molar-refractivity contribution >= 4 is 11.9 Å². The largest absolute Gasteiger partial charge is 0.370 e. The summed E-state index contributed by atoms with van der Waals surface area (Å²) in [5, 5.41) is 6.23. The van der Waals surface area contributed by atoms with Gasteiger partial charge in [-0.2, -0.15) is 0 Å². The molecule has 25 heavy (non-hydrogen) atoms. The highest BCUT2D eigenvalue weighted by Gasteiger charge is 2.45. The monoisotopic (exact) mass is 351 g/mol. The third-order valence-electron chi connectivity index (χ3n) is 5.65. The second kappa shape index (κ2) is 8.39. The van der Waals surface area contributed by atoms with Crippen molar-refractivity contribution in [2.75, 3.05) is 19.6 Å². The molecule has 2 bridgehead atoms. The Hall–Kier alpha value is -1.30. The Morgan fingerprint density at radius 1 is 1.12 bits per heavy atom. The minimum Gasteiger partial charge on any atom is -0.370 e. The first-order valence-corrected chi connectivity index (χ1v) is 10.0. The molecule has 0 aromatic rings. The zero-order valence-corrected chi connectivity index (χ0v) is 15.6. The maximum atomic E-state index is 12.6. The molecule has 0 aromatic heterocycles. The Balaban J connectivity index is 1.51. The molecule has 3 rings (SSSR count). The normalized spacial score (nSPS) is 30.2. The number of urea groups is 1. The SMILES string of the molecule is CC(C)CNC(=O)[C@@H]1C[C@H]2CN(C(=O)NC3CCCCCC3)C[C@@H]1O2. The number of carbonyl (C=O) groups is 2.